The van der Waals surface area contributed by atoms with Gasteiger partial charge in [-0.25, -0.2) is 4.79 Å². The number of amides is 1. The first-order valence-electron chi connectivity index (χ1n) is 6.49. The Hall–Kier alpha value is -1.57. The maximum atomic E-state index is 12.9. The number of hydrogen-bond donors (Lipinski definition) is 2. The van der Waals surface area contributed by atoms with Gasteiger partial charge in [0.15, 0.2) is 0 Å². The Bertz CT molecular complexity index is 541. The summed E-state index contributed by atoms with van der Waals surface area (Å²) in [6.07, 6.45) is -3.16. The van der Waals surface area contributed by atoms with E-state index < -0.39 is 29.9 Å². The van der Waals surface area contributed by atoms with Crippen LogP contribution in [0, 0.1) is 11.8 Å². The van der Waals surface area contributed by atoms with Gasteiger partial charge in [0.1, 0.15) is 4.88 Å². The van der Waals surface area contributed by atoms with Gasteiger partial charge in [0.25, 0.3) is 0 Å². The van der Waals surface area contributed by atoms with Crippen LogP contribution in [-0.2, 0) is 4.79 Å². The molecule has 1 saturated carbocycles. The number of carbonyl (C=O) groups is 2. The minimum atomic E-state index is -4.38. The van der Waals surface area contributed by atoms with E-state index in [-0.39, 0.29) is 22.7 Å². The second-order valence-electron chi connectivity index (χ2n) is 5.00. The van der Waals surface area contributed by atoms with Crippen LogP contribution in [0.1, 0.15) is 35.4 Å². The number of aromatic carboxylic acids is 1. The van der Waals surface area contributed by atoms with E-state index in [0.29, 0.717) is 12.8 Å². The topological polar surface area (TPSA) is 66.4 Å². The summed E-state index contributed by atoms with van der Waals surface area (Å²) in [5.74, 6) is -4.54. The molecule has 116 valence electrons. The van der Waals surface area contributed by atoms with Gasteiger partial charge in [-0.3, -0.25) is 4.79 Å². The van der Waals surface area contributed by atoms with Crippen molar-refractivity contribution < 1.29 is 27.9 Å². The molecule has 8 heteroatoms. The van der Waals surface area contributed by atoms with Gasteiger partial charge < -0.3 is 10.4 Å². The number of thiophene rings is 1. The van der Waals surface area contributed by atoms with Gasteiger partial charge >= 0.3 is 12.1 Å². The van der Waals surface area contributed by atoms with Gasteiger partial charge in [-0.1, -0.05) is 12.8 Å². The summed E-state index contributed by atoms with van der Waals surface area (Å²) in [6, 6.07) is 2.70. The van der Waals surface area contributed by atoms with Crippen LogP contribution in [0.2, 0.25) is 0 Å². The standard InChI is InChI=1S/C13H14F3NO3S/c14-13(15,16)8-4-2-1-3-7(8)11(18)17-10-6-5-9(21-10)12(19)20/h5-8H,1-4H2,(H,17,18)(H,19,20). The minimum Gasteiger partial charge on any atom is -0.477 e. The highest BCUT2D eigenvalue weighted by molar-refractivity contribution is 7.18. The molecular formula is C13H14F3NO3S. The molecular weight excluding hydrogens is 307 g/mol. The molecule has 2 atom stereocenters. The van der Waals surface area contributed by atoms with Crippen molar-refractivity contribution in [2.45, 2.75) is 31.9 Å². The number of carboxylic acids is 1. The second kappa shape index (κ2) is 6.05. The molecule has 2 unspecified atom stereocenters. The molecule has 1 aromatic rings. The van der Waals surface area contributed by atoms with Crippen molar-refractivity contribution in [1.82, 2.24) is 0 Å². The fourth-order valence-corrected chi connectivity index (χ4v) is 3.32. The number of halogens is 3. The van der Waals surface area contributed by atoms with Crippen LogP contribution in [0.4, 0.5) is 18.2 Å². The van der Waals surface area contributed by atoms with E-state index in [0.717, 1.165) is 11.3 Å². The van der Waals surface area contributed by atoms with E-state index in [9.17, 15) is 22.8 Å². The summed E-state index contributed by atoms with van der Waals surface area (Å²) in [6.45, 7) is 0. The minimum absolute atomic E-state index is 0.0290. The normalized spacial score (nSPS) is 22.8. The summed E-state index contributed by atoms with van der Waals surface area (Å²) >= 11 is 0.829. The lowest BCUT2D eigenvalue weighted by Gasteiger charge is -2.31. The number of carbonyl (C=O) groups excluding carboxylic acids is 1. The zero-order valence-electron chi connectivity index (χ0n) is 10.9. The van der Waals surface area contributed by atoms with Crippen molar-refractivity contribution in [3.63, 3.8) is 0 Å². The Morgan fingerprint density at radius 3 is 2.48 bits per heavy atom. The number of nitrogens with one attached hydrogen (secondary N) is 1. The second-order valence-corrected chi connectivity index (χ2v) is 6.08. The van der Waals surface area contributed by atoms with E-state index in [1.807, 2.05) is 0 Å². The fraction of sp³-hybridized carbons (Fsp3) is 0.538. The van der Waals surface area contributed by atoms with Gasteiger partial charge in [-0.05, 0) is 25.0 Å². The molecule has 0 saturated heterocycles. The van der Waals surface area contributed by atoms with Crippen molar-refractivity contribution in [3.05, 3.63) is 17.0 Å². The molecule has 2 rings (SSSR count). The molecule has 0 aromatic carbocycles. The summed E-state index contributed by atoms with van der Waals surface area (Å²) < 4.78 is 38.8. The van der Waals surface area contributed by atoms with E-state index in [1.54, 1.807) is 0 Å². The number of rotatable bonds is 3. The van der Waals surface area contributed by atoms with Crippen LogP contribution in [0.25, 0.3) is 0 Å². The van der Waals surface area contributed by atoms with Crippen LogP contribution >= 0.6 is 11.3 Å². The molecule has 1 fully saturated rings. The Morgan fingerprint density at radius 1 is 1.24 bits per heavy atom. The van der Waals surface area contributed by atoms with Gasteiger partial charge in [0.05, 0.1) is 10.9 Å². The van der Waals surface area contributed by atoms with Crippen molar-refractivity contribution in [1.29, 1.82) is 0 Å². The molecule has 0 spiro atoms. The monoisotopic (exact) mass is 321 g/mol. The summed E-state index contributed by atoms with van der Waals surface area (Å²) in [5, 5.41) is 11.4. The maximum Gasteiger partial charge on any atom is 0.392 e. The van der Waals surface area contributed by atoms with Crippen LogP contribution in [0.5, 0.6) is 0 Å². The zero-order valence-corrected chi connectivity index (χ0v) is 11.8. The Labute approximate surface area is 123 Å². The molecule has 4 nitrogen and oxygen atoms in total. The Balaban J connectivity index is 2.08. The van der Waals surface area contributed by atoms with Gasteiger partial charge in [0.2, 0.25) is 5.91 Å². The largest absolute Gasteiger partial charge is 0.477 e. The molecule has 0 aliphatic heterocycles. The Morgan fingerprint density at radius 2 is 1.90 bits per heavy atom. The maximum absolute atomic E-state index is 12.9. The van der Waals surface area contributed by atoms with Crippen LogP contribution in [-0.4, -0.2) is 23.2 Å². The average molecular weight is 321 g/mol. The highest BCUT2D eigenvalue weighted by atomic mass is 32.1. The highest BCUT2D eigenvalue weighted by Gasteiger charge is 2.48. The highest BCUT2D eigenvalue weighted by Crippen LogP contribution is 2.42. The predicted octanol–water partition coefficient (Wildman–Crippen LogP) is 3.75. The summed E-state index contributed by atoms with van der Waals surface area (Å²) in [5.41, 5.74) is 0. The first-order valence-corrected chi connectivity index (χ1v) is 7.31. The molecule has 1 aromatic heterocycles. The van der Waals surface area contributed by atoms with E-state index in [1.165, 1.54) is 12.1 Å². The molecule has 1 amide bonds. The lowest BCUT2D eigenvalue weighted by atomic mass is 9.78. The smallest absolute Gasteiger partial charge is 0.392 e. The molecule has 1 aliphatic rings. The zero-order chi connectivity index (χ0) is 15.6. The average Bonchev–Trinajstić information content (AvgIpc) is 2.86. The predicted molar refractivity (Wildman–Crippen MR) is 71.4 cm³/mol. The van der Waals surface area contributed by atoms with Crippen molar-refractivity contribution in [3.8, 4) is 0 Å². The first-order chi connectivity index (χ1) is 9.79. The number of hydrogen-bond acceptors (Lipinski definition) is 3. The lowest BCUT2D eigenvalue weighted by molar-refractivity contribution is -0.197. The number of alkyl halides is 3. The third kappa shape index (κ3) is 3.75. The summed E-state index contributed by atoms with van der Waals surface area (Å²) in [7, 11) is 0. The van der Waals surface area contributed by atoms with Crippen LogP contribution in [0.15, 0.2) is 12.1 Å². The number of carboxylic acid groups (broad SMARTS) is 1. The van der Waals surface area contributed by atoms with Crippen LogP contribution < -0.4 is 5.32 Å². The van der Waals surface area contributed by atoms with Gasteiger partial charge in [-0.15, -0.1) is 11.3 Å². The fourth-order valence-electron chi connectivity index (χ4n) is 2.57. The van der Waals surface area contributed by atoms with Crippen molar-refractivity contribution in [2.24, 2.45) is 11.8 Å². The van der Waals surface area contributed by atoms with E-state index in [2.05, 4.69) is 5.32 Å². The van der Waals surface area contributed by atoms with E-state index in [4.69, 9.17) is 5.11 Å². The lowest BCUT2D eigenvalue weighted by Crippen LogP contribution is -2.39. The molecule has 1 heterocycles. The number of anilines is 1. The molecule has 0 bridgehead atoms. The third-order valence-corrected chi connectivity index (χ3v) is 4.58. The first kappa shape index (κ1) is 15.8. The molecule has 0 radical (unpaired) electrons. The molecule has 21 heavy (non-hydrogen) atoms. The Kier molecular flexibility index (Phi) is 4.55. The molecule has 2 N–H and O–H groups in total. The van der Waals surface area contributed by atoms with E-state index >= 15 is 0 Å². The quantitative estimate of drug-likeness (QED) is 0.891. The third-order valence-electron chi connectivity index (χ3n) is 3.59. The van der Waals surface area contributed by atoms with Crippen molar-refractivity contribution >= 4 is 28.2 Å². The molecule has 1 aliphatic carbocycles. The van der Waals surface area contributed by atoms with Gasteiger partial charge in [0, 0.05) is 5.92 Å². The summed E-state index contributed by atoms with van der Waals surface area (Å²) in [4.78, 5) is 22.8. The van der Waals surface area contributed by atoms with Crippen LogP contribution in [0.3, 0.4) is 0 Å². The van der Waals surface area contributed by atoms with Crippen molar-refractivity contribution in [2.75, 3.05) is 5.32 Å². The van der Waals surface area contributed by atoms with Gasteiger partial charge in [-0.2, -0.15) is 13.2 Å². The SMILES string of the molecule is O=C(O)c1ccc(NC(=O)C2CCCCC2C(F)(F)F)s1.